The number of amides is 2. The fourth-order valence-electron chi connectivity index (χ4n) is 3.62. The van der Waals surface area contributed by atoms with Gasteiger partial charge in [0.25, 0.3) is 11.8 Å². The molecule has 0 saturated carbocycles. The van der Waals surface area contributed by atoms with Crippen LogP contribution >= 0.6 is 11.6 Å². The zero-order valence-corrected chi connectivity index (χ0v) is 17.6. The van der Waals surface area contributed by atoms with Gasteiger partial charge in [-0.2, -0.15) is 5.10 Å². The Kier molecular flexibility index (Phi) is 5.39. The molecular formula is C22H20ClN5O3. The number of fused-ring (bicyclic) bond motifs is 1. The molecule has 8 nitrogen and oxygen atoms in total. The smallest absolute Gasteiger partial charge is 0.255 e. The number of halogens is 1. The molecule has 2 aromatic carbocycles. The number of carbonyl (C=O) groups is 2. The van der Waals surface area contributed by atoms with E-state index in [2.05, 4.69) is 15.7 Å². The third-order valence-electron chi connectivity index (χ3n) is 5.07. The highest BCUT2D eigenvalue weighted by Crippen LogP contribution is 2.38. The first-order chi connectivity index (χ1) is 14.9. The Labute approximate surface area is 183 Å². The van der Waals surface area contributed by atoms with Gasteiger partial charge in [-0.25, -0.2) is 4.68 Å². The molecule has 4 N–H and O–H groups in total. The molecule has 0 radical (unpaired) electrons. The molecule has 2 heterocycles. The Hall–Kier alpha value is -3.78. The number of allylic oxidation sites excluding steroid dienone is 1. The third kappa shape index (κ3) is 3.73. The van der Waals surface area contributed by atoms with Crippen LogP contribution in [0.25, 0.3) is 0 Å². The lowest BCUT2D eigenvalue weighted by atomic mass is 9.94. The molecule has 0 unspecified atom stereocenters. The van der Waals surface area contributed by atoms with Gasteiger partial charge in [0.2, 0.25) is 0 Å². The molecular weight excluding hydrogens is 418 g/mol. The van der Waals surface area contributed by atoms with Crippen LogP contribution in [0.4, 0.5) is 11.5 Å². The van der Waals surface area contributed by atoms with E-state index >= 15 is 0 Å². The van der Waals surface area contributed by atoms with Gasteiger partial charge in [0.15, 0.2) is 0 Å². The monoisotopic (exact) mass is 437 g/mol. The number of anilines is 2. The lowest BCUT2D eigenvalue weighted by Crippen LogP contribution is -2.32. The van der Waals surface area contributed by atoms with E-state index in [4.69, 9.17) is 22.1 Å². The quantitative estimate of drug-likeness (QED) is 0.565. The number of para-hydroxylation sites is 2. The number of aromatic nitrogens is 2. The van der Waals surface area contributed by atoms with E-state index in [0.29, 0.717) is 33.5 Å². The van der Waals surface area contributed by atoms with Crippen LogP contribution in [0.1, 0.15) is 28.9 Å². The van der Waals surface area contributed by atoms with Gasteiger partial charge >= 0.3 is 0 Å². The summed E-state index contributed by atoms with van der Waals surface area (Å²) < 4.78 is 6.92. The predicted octanol–water partition coefficient (Wildman–Crippen LogP) is 3.57. The average Bonchev–Trinajstić information content (AvgIpc) is 3.17. The summed E-state index contributed by atoms with van der Waals surface area (Å²) in [6.45, 7) is 1.77. The largest absolute Gasteiger partial charge is 0.495 e. The molecule has 1 aliphatic heterocycles. The molecule has 1 aromatic heterocycles. The highest BCUT2D eigenvalue weighted by atomic mass is 35.5. The second-order valence-corrected chi connectivity index (χ2v) is 7.42. The van der Waals surface area contributed by atoms with E-state index in [1.54, 1.807) is 41.9 Å². The van der Waals surface area contributed by atoms with Crippen LogP contribution in [0.3, 0.4) is 0 Å². The van der Waals surface area contributed by atoms with Crippen molar-refractivity contribution in [1.29, 1.82) is 0 Å². The molecule has 158 valence electrons. The topological polar surface area (TPSA) is 111 Å². The molecule has 3 aromatic rings. The molecule has 1 atom stereocenters. The number of nitrogens with zero attached hydrogens (tertiary/aromatic N) is 2. The van der Waals surface area contributed by atoms with Gasteiger partial charge in [-0.15, -0.1) is 0 Å². The zero-order valence-electron chi connectivity index (χ0n) is 16.8. The maximum atomic E-state index is 13.4. The van der Waals surface area contributed by atoms with Crippen molar-refractivity contribution in [3.05, 3.63) is 82.1 Å². The molecule has 0 bridgehead atoms. The second-order valence-electron chi connectivity index (χ2n) is 6.99. The van der Waals surface area contributed by atoms with Gasteiger partial charge in [0, 0.05) is 10.7 Å². The Morgan fingerprint density at radius 1 is 1.19 bits per heavy atom. The first-order valence-corrected chi connectivity index (χ1v) is 9.83. The van der Waals surface area contributed by atoms with Gasteiger partial charge in [0.1, 0.15) is 23.2 Å². The van der Waals surface area contributed by atoms with Gasteiger partial charge in [-0.3, -0.25) is 9.59 Å². The van der Waals surface area contributed by atoms with E-state index in [1.807, 2.05) is 18.2 Å². The molecule has 0 spiro atoms. The van der Waals surface area contributed by atoms with Crippen LogP contribution in [0.5, 0.6) is 5.75 Å². The van der Waals surface area contributed by atoms with Crippen LogP contribution in [-0.2, 0) is 4.79 Å². The molecule has 9 heteroatoms. The van der Waals surface area contributed by atoms with E-state index in [1.165, 1.54) is 13.3 Å². The number of nitrogens with one attached hydrogen (secondary N) is 2. The molecule has 0 aliphatic carbocycles. The number of methoxy groups -OCH3 is 1. The third-order valence-corrected chi connectivity index (χ3v) is 5.33. The van der Waals surface area contributed by atoms with Crippen LogP contribution in [0.2, 0.25) is 5.02 Å². The number of hydrogen-bond acceptors (Lipinski definition) is 5. The summed E-state index contributed by atoms with van der Waals surface area (Å²) in [5.41, 5.74) is 8.05. The highest BCUT2D eigenvalue weighted by molar-refractivity contribution is 6.30. The number of carbonyl (C=O) groups excluding carboxylic acids is 2. The van der Waals surface area contributed by atoms with Gasteiger partial charge < -0.3 is 21.1 Å². The number of hydrogen-bond donors (Lipinski definition) is 3. The fraction of sp³-hybridized carbons (Fsp3) is 0.136. The summed E-state index contributed by atoms with van der Waals surface area (Å²) in [7, 11) is 1.54. The van der Waals surface area contributed by atoms with Crippen molar-refractivity contribution in [1.82, 2.24) is 9.78 Å². The number of rotatable bonds is 5. The van der Waals surface area contributed by atoms with Crippen LogP contribution in [0, 0.1) is 0 Å². The first-order valence-electron chi connectivity index (χ1n) is 9.45. The van der Waals surface area contributed by atoms with Crippen molar-refractivity contribution >= 4 is 34.9 Å². The summed E-state index contributed by atoms with van der Waals surface area (Å²) in [4.78, 5) is 25.3. The minimum atomic E-state index is -0.613. The Bertz CT molecular complexity index is 1200. The van der Waals surface area contributed by atoms with Crippen LogP contribution in [0.15, 0.2) is 66.0 Å². The van der Waals surface area contributed by atoms with Gasteiger partial charge in [-0.05, 0) is 36.8 Å². The van der Waals surface area contributed by atoms with Crippen molar-refractivity contribution in [2.75, 3.05) is 17.7 Å². The Morgan fingerprint density at radius 3 is 2.58 bits per heavy atom. The van der Waals surface area contributed by atoms with Crippen molar-refractivity contribution in [3.8, 4) is 5.75 Å². The maximum Gasteiger partial charge on any atom is 0.255 e. The molecule has 1 aliphatic rings. The van der Waals surface area contributed by atoms with Crippen LogP contribution < -0.4 is 21.1 Å². The number of primary amides is 1. The predicted molar refractivity (Wildman–Crippen MR) is 118 cm³/mol. The lowest BCUT2D eigenvalue weighted by molar-refractivity contribution is -0.113. The molecule has 0 saturated heterocycles. The van der Waals surface area contributed by atoms with E-state index in [0.717, 1.165) is 5.56 Å². The standard InChI is InChI=1S/C22H20ClN5O3/c1-12-18(22(30)27-16-5-3-4-6-17(16)31-2)19(13-7-9-14(23)10-8-13)28-21(26-12)15(11-25-28)20(24)29/h3-11,19,26H,1-2H3,(H2,24,29)(H,27,30)/t19-/m1/s1. The molecule has 2 amide bonds. The highest BCUT2D eigenvalue weighted by Gasteiger charge is 2.35. The Morgan fingerprint density at radius 2 is 1.90 bits per heavy atom. The maximum absolute atomic E-state index is 13.4. The van der Waals surface area contributed by atoms with E-state index in [9.17, 15) is 9.59 Å². The zero-order chi connectivity index (χ0) is 22.1. The Balaban J connectivity index is 1.81. The minimum Gasteiger partial charge on any atom is -0.495 e. The fourth-order valence-corrected chi connectivity index (χ4v) is 3.75. The van der Waals surface area contributed by atoms with Crippen molar-refractivity contribution in [2.24, 2.45) is 5.73 Å². The molecule has 0 fully saturated rings. The number of nitrogens with two attached hydrogens (primary N) is 1. The number of benzene rings is 2. The normalized spacial score (nSPS) is 15.1. The van der Waals surface area contributed by atoms with Crippen molar-refractivity contribution in [3.63, 3.8) is 0 Å². The summed E-state index contributed by atoms with van der Waals surface area (Å²) in [5.74, 6) is 0.0186. The molecule has 31 heavy (non-hydrogen) atoms. The van der Waals surface area contributed by atoms with Gasteiger partial charge in [-0.1, -0.05) is 35.9 Å². The number of ether oxygens (including phenoxy) is 1. The average molecular weight is 438 g/mol. The lowest BCUT2D eigenvalue weighted by Gasteiger charge is -2.30. The summed E-state index contributed by atoms with van der Waals surface area (Å²) in [6.07, 6.45) is 1.39. The van der Waals surface area contributed by atoms with E-state index < -0.39 is 11.9 Å². The second kappa shape index (κ2) is 8.16. The summed E-state index contributed by atoms with van der Waals surface area (Å²) in [6, 6.07) is 13.6. The van der Waals surface area contributed by atoms with Crippen molar-refractivity contribution < 1.29 is 14.3 Å². The van der Waals surface area contributed by atoms with Crippen molar-refractivity contribution in [2.45, 2.75) is 13.0 Å². The minimum absolute atomic E-state index is 0.238. The van der Waals surface area contributed by atoms with E-state index in [-0.39, 0.29) is 11.5 Å². The first kappa shape index (κ1) is 20.5. The molecule has 4 rings (SSSR count). The summed E-state index contributed by atoms with van der Waals surface area (Å²) >= 11 is 6.06. The SMILES string of the molecule is COc1ccccc1NC(=O)C1=C(C)Nc2c(C(N)=O)cnn2[C@@H]1c1ccc(Cl)cc1. The van der Waals surface area contributed by atoms with Gasteiger partial charge in [0.05, 0.1) is 24.6 Å². The van der Waals surface area contributed by atoms with Crippen LogP contribution in [-0.4, -0.2) is 28.7 Å². The summed E-state index contributed by atoms with van der Waals surface area (Å²) in [5, 5.41) is 10.9.